The highest BCUT2D eigenvalue weighted by Gasteiger charge is 2.02. The molecule has 0 saturated heterocycles. The highest BCUT2D eigenvalue weighted by molar-refractivity contribution is 5.06. The minimum Gasteiger partial charge on any atom is -0.472 e. The normalized spacial score (nSPS) is 11.2. The highest BCUT2D eigenvalue weighted by atomic mass is 16.3. The summed E-state index contributed by atoms with van der Waals surface area (Å²) in [5, 5.41) is 11.5. The lowest BCUT2D eigenvalue weighted by Gasteiger charge is -2.04. The minimum atomic E-state index is 0.649. The van der Waals surface area contributed by atoms with Gasteiger partial charge in [-0.15, -0.1) is 5.10 Å². The van der Waals surface area contributed by atoms with Gasteiger partial charge in [-0.25, -0.2) is 4.68 Å². The molecule has 17 heavy (non-hydrogen) atoms. The molecule has 2 heterocycles. The molecule has 0 unspecified atom stereocenters. The Hall–Kier alpha value is -1.62. The molecule has 0 aliphatic heterocycles. The van der Waals surface area contributed by atoms with Crippen molar-refractivity contribution in [2.24, 2.45) is 5.92 Å². The van der Waals surface area contributed by atoms with Gasteiger partial charge in [0.15, 0.2) is 0 Å². The molecule has 0 amide bonds. The van der Waals surface area contributed by atoms with E-state index < -0.39 is 0 Å². The number of aromatic nitrogens is 3. The van der Waals surface area contributed by atoms with E-state index in [4.69, 9.17) is 4.42 Å². The third-order valence-corrected chi connectivity index (χ3v) is 2.37. The van der Waals surface area contributed by atoms with E-state index in [0.717, 1.165) is 24.3 Å². The van der Waals surface area contributed by atoms with Crippen molar-refractivity contribution in [2.75, 3.05) is 6.54 Å². The Morgan fingerprint density at radius 2 is 2.35 bits per heavy atom. The number of nitrogens with one attached hydrogen (secondary N) is 1. The smallest absolute Gasteiger partial charge is 0.0964 e. The molecule has 2 aromatic rings. The molecule has 0 aliphatic carbocycles. The molecule has 92 valence electrons. The molecule has 5 nitrogen and oxygen atoms in total. The van der Waals surface area contributed by atoms with Crippen molar-refractivity contribution in [1.82, 2.24) is 20.3 Å². The molecule has 0 radical (unpaired) electrons. The monoisotopic (exact) mass is 234 g/mol. The van der Waals surface area contributed by atoms with Crippen molar-refractivity contribution < 1.29 is 4.42 Å². The molecule has 0 saturated carbocycles. The van der Waals surface area contributed by atoms with E-state index in [1.807, 2.05) is 16.9 Å². The second-order valence-electron chi connectivity index (χ2n) is 4.56. The van der Waals surface area contributed by atoms with Gasteiger partial charge in [-0.1, -0.05) is 19.1 Å². The number of hydrogen-bond acceptors (Lipinski definition) is 4. The lowest BCUT2D eigenvalue weighted by atomic mass is 10.2. The number of nitrogens with zero attached hydrogens (tertiary/aromatic N) is 3. The van der Waals surface area contributed by atoms with E-state index in [-0.39, 0.29) is 0 Å². The fourth-order valence-electron chi connectivity index (χ4n) is 1.56. The van der Waals surface area contributed by atoms with Crippen LogP contribution in [0.5, 0.6) is 0 Å². The van der Waals surface area contributed by atoms with Crippen LogP contribution in [0.3, 0.4) is 0 Å². The maximum atomic E-state index is 5.01. The topological polar surface area (TPSA) is 55.9 Å². The van der Waals surface area contributed by atoms with Gasteiger partial charge < -0.3 is 9.73 Å². The average Bonchev–Trinajstić information content (AvgIpc) is 2.90. The zero-order chi connectivity index (χ0) is 12.1. The highest BCUT2D eigenvalue weighted by Crippen LogP contribution is 2.03. The first-order valence-corrected chi connectivity index (χ1v) is 5.85. The summed E-state index contributed by atoms with van der Waals surface area (Å²) in [6, 6.07) is 1.93. The predicted molar refractivity (Wildman–Crippen MR) is 64.4 cm³/mol. The second-order valence-corrected chi connectivity index (χ2v) is 4.56. The van der Waals surface area contributed by atoms with E-state index in [9.17, 15) is 0 Å². The molecule has 0 atom stereocenters. The van der Waals surface area contributed by atoms with Crippen molar-refractivity contribution in [3.05, 3.63) is 36.0 Å². The number of rotatable bonds is 6. The summed E-state index contributed by atoms with van der Waals surface area (Å²) >= 11 is 0. The first kappa shape index (κ1) is 11.9. The Kier molecular flexibility index (Phi) is 3.93. The maximum absolute atomic E-state index is 5.01. The van der Waals surface area contributed by atoms with Crippen molar-refractivity contribution in [1.29, 1.82) is 0 Å². The van der Waals surface area contributed by atoms with Crippen molar-refractivity contribution in [3.8, 4) is 0 Å². The van der Waals surface area contributed by atoms with E-state index in [0.29, 0.717) is 12.5 Å². The summed E-state index contributed by atoms with van der Waals surface area (Å²) in [5.74, 6) is 0.649. The van der Waals surface area contributed by atoms with Gasteiger partial charge in [0.2, 0.25) is 0 Å². The predicted octanol–water partition coefficient (Wildman–Crippen LogP) is 1.67. The molecule has 1 N–H and O–H groups in total. The van der Waals surface area contributed by atoms with Gasteiger partial charge in [0, 0.05) is 12.1 Å². The van der Waals surface area contributed by atoms with Crippen LogP contribution >= 0.6 is 0 Å². The van der Waals surface area contributed by atoms with Gasteiger partial charge in [0.05, 0.1) is 31.0 Å². The summed E-state index contributed by atoms with van der Waals surface area (Å²) in [6.07, 6.45) is 5.34. The van der Waals surface area contributed by atoms with E-state index in [2.05, 4.69) is 29.5 Å². The van der Waals surface area contributed by atoms with Crippen LogP contribution in [-0.4, -0.2) is 21.5 Å². The van der Waals surface area contributed by atoms with Gasteiger partial charge in [0.25, 0.3) is 0 Å². The van der Waals surface area contributed by atoms with Crippen molar-refractivity contribution in [3.63, 3.8) is 0 Å². The largest absolute Gasteiger partial charge is 0.472 e. The molecular weight excluding hydrogens is 216 g/mol. The molecule has 0 aliphatic rings. The molecule has 5 heteroatoms. The van der Waals surface area contributed by atoms with Crippen LogP contribution in [0.15, 0.2) is 29.2 Å². The molecule has 0 aromatic carbocycles. The summed E-state index contributed by atoms with van der Waals surface area (Å²) in [4.78, 5) is 0. The minimum absolute atomic E-state index is 0.649. The summed E-state index contributed by atoms with van der Waals surface area (Å²) in [6.45, 7) is 6.83. The van der Waals surface area contributed by atoms with Crippen LogP contribution in [0.1, 0.15) is 25.1 Å². The SMILES string of the molecule is CC(C)CNCc1cn(Cc2ccoc2)nn1. The lowest BCUT2D eigenvalue weighted by Crippen LogP contribution is -2.19. The van der Waals surface area contributed by atoms with Gasteiger partial charge in [-0.2, -0.15) is 0 Å². The fourth-order valence-corrected chi connectivity index (χ4v) is 1.56. The molecule has 2 rings (SSSR count). The van der Waals surface area contributed by atoms with Crippen LogP contribution < -0.4 is 5.32 Å². The molecule has 0 spiro atoms. The summed E-state index contributed by atoms with van der Waals surface area (Å²) in [7, 11) is 0. The first-order valence-electron chi connectivity index (χ1n) is 5.85. The van der Waals surface area contributed by atoms with Gasteiger partial charge in [-0.3, -0.25) is 0 Å². The van der Waals surface area contributed by atoms with Crippen LogP contribution in [0.4, 0.5) is 0 Å². The van der Waals surface area contributed by atoms with E-state index >= 15 is 0 Å². The Morgan fingerprint density at radius 1 is 1.47 bits per heavy atom. The average molecular weight is 234 g/mol. The van der Waals surface area contributed by atoms with E-state index in [1.54, 1.807) is 12.5 Å². The van der Waals surface area contributed by atoms with Gasteiger partial charge >= 0.3 is 0 Å². The zero-order valence-electron chi connectivity index (χ0n) is 10.3. The molecule has 0 bridgehead atoms. The molecule has 2 aromatic heterocycles. The van der Waals surface area contributed by atoms with Crippen molar-refractivity contribution >= 4 is 0 Å². The van der Waals surface area contributed by atoms with Gasteiger partial charge in [-0.05, 0) is 18.5 Å². The van der Waals surface area contributed by atoms with E-state index in [1.165, 1.54) is 0 Å². The fraction of sp³-hybridized carbons (Fsp3) is 0.500. The summed E-state index contributed by atoms with van der Waals surface area (Å²) < 4.78 is 6.83. The Bertz CT molecular complexity index is 433. The quantitative estimate of drug-likeness (QED) is 0.826. The lowest BCUT2D eigenvalue weighted by molar-refractivity contribution is 0.548. The number of furan rings is 1. The van der Waals surface area contributed by atoms with Crippen molar-refractivity contribution in [2.45, 2.75) is 26.9 Å². The third-order valence-electron chi connectivity index (χ3n) is 2.37. The molecular formula is C12H18N4O. The maximum Gasteiger partial charge on any atom is 0.0964 e. The first-order chi connectivity index (χ1) is 8.24. The van der Waals surface area contributed by atoms with Gasteiger partial charge in [0.1, 0.15) is 0 Å². The second kappa shape index (κ2) is 5.63. The van der Waals surface area contributed by atoms with Crippen LogP contribution in [0.2, 0.25) is 0 Å². The van der Waals surface area contributed by atoms with Crippen LogP contribution in [0.25, 0.3) is 0 Å². The zero-order valence-corrected chi connectivity index (χ0v) is 10.3. The Morgan fingerprint density at radius 3 is 3.06 bits per heavy atom. The van der Waals surface area contributed by atoms with Crippen LogP contribution in [0, 0.1) is 5.92 Å². The number of hydrogen-bond donors (Lipinski definition) is 1. The Balaban J connectivity index is 1.83. The third kappa shape index (κ3) is 3.71. The summed E-state index contributed by atoms with van der Waals surface area (Å²) in [5.41, 5.74) is 2.06. The Labute approximate surface area is 101 Å². The van der Waals surface area contributed by atoms with Crippen LogP contribution in [-0.2, 0) is 13.1 Å². The molecule has 0 fully saturated rings. The standard InChI is InChI=1S/C12H18N4O/c1-10(2)5-13-6-12-8-16(15-14-12)7-11-3-4-17-9-11/h3-4,8-10,13H,5-7H2,1-2H3.